The van der Waals surface area contributed by atoms with Crippen molar-refractivity contribution in [1.29, 1.82) is 0 Å². The molecule has 26 heavy (non-hydrogen) atoms. The van der Waals surface area contributed by atoms with E-state index in [9.17, 15) is 4.79 Å². The number of carbonyl (C=O) groups excluding carboxylic acids is 1. The molecule has 0 radical (unpaired) electrons. The van der Waals surface area contributed by atoms with Crippen LogP contribution in [0, 0.1) is 5.92 Å². The first-order valence-electron chi connectivity index (χ1n) is 9.49. The van der Waals surface area contributed by atoms with E-state index in [2.05, 4.69) is 11.9 Å². The number of nitrogens with zero attached hydrogens (tertiary/aromatic N) is 2. The molecule has 0 bridgehead atoms. The predicted molar refractivity (Wildman–Crippen MR) is 100 cm³/mol. The van der Waals surface area contributed by atoms with E-state index >= 15 is 0 Å². The van der Waals surface area contributed by atoms with Gasteiger partial charge in [-0.1, -0.05) is 26.2 Å². The SMILES string of the molecule is CCCCC1CCc2nc(-c3ccc(OC(=O)OCC)cc3)ncc2C1. The van der Waals surface area contributed by atoms with Gasteiger partial charge in [0.2, 0.25) is 0 Å². The Kier molecular flexibility index (Phi) is 6.21. The van der Waals surface area contributed by atoms with Crippen molar-refractivity contribution in [2.24, 2.45) is 5.92 Å². The number of aryl methyl sites for hydroxylation is 1. The van der Waals surface area contributed by atoms with E-state index in [1.54, 1.807) is 19.1 Å². The van der Waals surface area contributed by atoms with Crippen molar-refractivity contribution >= 4 is 6.16 Å². The van der Waals surface area contributed by atoms with Crippen LogP contribution in [0.1, 0.15) is 50.8 Å². The van der Waals surface area contributed by atoms with E-state index in [1.165, 1.54) is 36.9 Å². The molecular formula is C21H26N2O3. The second kappa shape index (κ2) is 8.79. The summed E-state index contributed by atoms with van der Waals surface area (Å²) in [6, 6.07) is 7.19. The molecule has 0 aliphatic heterocycles. The van der Waals surface area contributed by atoms with Crippen molar-refractivity contribution in [3.63, 3.8) is 0 Å². The van der Waals surface area contributed by atoms with Gasteiger partial charge in [-0.05, 0) is 61.9 Å². The number of hydrogen-bond acceptors (Lipinski definition) is 5. The van der Waals surface area contributed by atoms with Gasteiger partial charge in [0.15, 0.2) is 5.82 Å². The summed E-state index contributed by atoms with van der Waals surface area (Å²) in [6.07, 6.45) is 8.51. The van der Waals surface area contributed by atoms with Crippen LogP contribution >= 0.6 is 0 Å². The van der Waals surface area contributed by atoms with E-state index in [1.807, 2.05) is 18.3 Å². The van der Waals surface area contributed by atoms with Crippen molar-refractivity contribution in [3.8, 4) is 17.1 Å². The van der Waals surface area contributed by atoms with Gasteiger partial charge in [0, 0.05) is 17.5 Å². The van der Waals surface area contributed by atoms with Gasteiger partial charge in [-0.2, -0.15) is 0 Å². The Morgan fingerprint density at radius 3 is 2.77 bits per heavy atom. The molecule has 0 fully saturated rings. The second-order valence-corrected chi connectivity index (χ2v) is 6.73. The summed E-state index contributed by atoms with van der Waals surface area (Å²) >= 11 is 0. The van der Waals surface area contributed by atoms with E-state index in [4.69, 9.17) is 14.5 Å². The Morgan fingerprint density at radius 1 is 1.23 bits per heavy atom. The summed E-state index contributed by atoms with van der Waals surface area (Å²) in [6.45, 7) is 4.28. The van der Waals surface area contributed by atoms with Crippen molar-refractivity contribution in [3.05, 3.63) is 41.7 Å². The fourth-order valence-corrected chi connectivity index (χ4v) is 3.38. The van der Waals surface area contributed by atoms with Crippen molar-refractivity contribution in [2.75, 3.05) is 6.61 Å². The molecule has 138 valence electrons. The fraction of sp³-hybridized carbons (Fsp3) is 0.476. The second-order valence-electron chi connectivity index (χ2n) is 6.73. The Bertz CT molecular complexity index is 743. The molecule has 3 rings (SSSR count). The van der Waals surface area contributed by atoms with E-state index in [0.29, 0.717) is 12.4 Å². The van der Waals surface area contributed by atoms with Crippen LogP contribution < -0.4 is 4.74 Å². The molecule has 0 amide bonds. The van der Waals surface area contributed by atoms with Crippen LogP contribution in [0.4, 0.5) is 4.79 Å². The topological polar surface area (TPSA) is 61.3 Å². The van der Waals surface area contributed by atoms with Gasteiger partial charge in [0.05, 0.1) is 6.61 Å². The first kappa shape index (κ1) is 18.4. The third-order valence-electron chi connectivity index (χ3n) is 4.79. The highest BCUT2D eigenvalue weighted by Crippen LogP contribution is 2.29. The monoisotopic (exact) mass is 354 g/mol. The molecule has 1 aliphatic rings. The third-order valence-corrected chi connectivity index (χ3v) is 4.79. The molecule has 0 saturated carbocycles. The van der Waals surface area contributed by atoms with Gasteiger partial charge in [-0.25, -0.2) is 14.8 Å². The van der Waals surface area contributed by atoms with Crippen molar-refractivity contribution in [1.82, 2.24) is 9.97 Å². The maximum absolute atomic E-state index is 11.4. The standard InChI is InChI=1S/C21H26N2O3/c1-3-5-6-15-7-12-19-17(13-15)14-22-20(23-19)16-8-10-18(11-9-16)26-21(24)25-4-2/h8-11,14-15H,3-7,12-13H2,1-2H3. The summed E-state index contributed by atoms with van der Waals surface area (Å²) < 4.78 is 9.85. The molecule has 0 N–H and O–H groups in total. The number of benzene rings is 1. The fourth-order valence-electron chi connectivity index (χ4n) is 3.38. The highest BCUT2D eigenvalue weighted by Gasteiger charge is 2.20. The van der Waals surface area contributed by atoms with E-state index in [-0.39, 0.29) is 0 Å². The molecular weight excluding hydrogens is 328 g/mol. The van der Waals surface area contributed by atoms with Crippen LogP contribution in [0.15, 0.2) is 30.5 Å². The Morgan fingerprint density at radius 2 is 2.04 bits per heavy atom. The van der Waals surface area contributed by atoms with Gasteiger partial charge in [0.25, 0.3) is 0 Å². The van der Waals surface area contributed by atoms with Gasteiger partial charge < -0.3 is 9.47 Å². The molecule has 5 heteroatoms. The highest BCUT2D eigenvalue weighted by molar-refractivity contribution is 5.65. The number of hydrogen-bond donors (Lipinski definition) is 0. The van der Waals surface area contributed by atoms with Crippen LogP contribution in [0.3, 0.4) is 0 Å². The summed E-state index contributed by atoms with van der Waals surface area (Å²) in [5, 5.41) is 0. The van der Waals surface area contributed by atoms with E-state index in [0.717, 1.165) is 30.1 Å². The minimum atomic E-state index is -0.692. The smallest absolute Gasteiger partial charge is 0.434 e. The third kappa shape index (κ3) is 4.59. The first-order valence-corrected chi connectivity index (χ1v) is 9.49. The van der Waals surface area contributed by atoms with Gasteiger partial charge in [-0.15, -0.1) is 0 Å². The molecule has 0 spiro atoms. The van der Waals surface area contributed by atoms with Gasteiger partial charge >= 0.3 is 6.16 Å². The molecule has 1 atom stereocenters. The quantitative estimate of drug-likeness (QED) is 0.541. The maximum atomic E-state index is 11.4. The lowest BCUT2D eigenvalue weighted by Gasteiger charge is -2.23. The molecule has 0 saturated heterocycles. The normalized spacial score (nSPS) is 16.0. The number of carbonyl (C=O) groups is 1. The molecule has 1 heterocycles. The lowest BCUT2D eigenvalue weighted by molar-refractivity contribution is 0.104. The number of fused-ring (bicyclic) bond motifs is 1. The Labute approximate surface area is 154 Å². The van der Waals surface area contributed by atoms with Crippen LogP contribution in [-0.4, -0.2) is 22.7 Å². The van der Waals surface area contributed by atoms with Crippen LogP contribution in [0.25, 0.3) is 11.4 Å². The zero-order chi connectivity index (χ0) is 18.4. The van der Waals surface area contributed by atoms with Crippen LogP contribution in [-0.2, 0) is 17.6 Å². The zero-order valence-electron chi connectivity index (χ0n) is 15.5. The number of aromatic nitrogens is 2. The predicted octanol–water partition coefficient (Wildman–Crippen LogP) is 4.97. The average molecular weight is 354 g/mol. The zero-order valence-corrected chi connectivity index (χ0v) is 15.5. The number of rotatable bonds is 6. The van der Waals surface area contributed by atoms with Crippen molar-refractivity contribution < 1.29 is 14.3 Å². The Balaban J connectivity index is 1.68. The van der Waals surface area contributed by atoms with Gasteiger partial charge in [0.1, 0.15) is 5.75 Å². The van der Waals surface area contributed by atoms with Gasteiger partial charge in [-0.3, -0.25) is 0 Å². The summed E-state index contributed by atoms with van der Waals surface area (Å²) in [7, 11) is 0. The largest absolute Gasteiger partial charge is 0.513 e. The van der Waals surface area contributed by atoms with Crippen molar-refractivity contribution in [2.45, 2.75) is 52.4 Å². The van der Waals surface area contributed by atoms with Crippen LogP contribution in [0.2, 0.25) is 0 Å². The molecule has 1 aliphatic carbocycles. The summed E-state index contributed by atoms with van der Waals surface area (Å²) in [5.41, 5.74) is 3.38. The molecule has 1 aromatic carbocycles. The summed E-state index contributed by atoms with van der Waals surface area (Å²) in [4.78, 5) is 20.7. The average Bonchev–Trinajstić information content (AvgIpc) is 2.66. The Hall–Kier alpha value is -2.43. The summed E-state index contributed by atoms with van der Waals surface area (Å²) in [5.74, 6) is 1.94. The number of ether oxygens (including phenoxy) is 2. The van der Waals surface area contributed by atoms with Crippen LogP contribution in [0.5, 0.6) is 5.75 Å². The lowest BCUT2D eigenvalue weighted by atomic mass is 9.84. The highest BCUT2D eigenvalue weighted by atomic mass is 16.7. The molecule has 2 aromatic rings. The number of unbranched alkanes of at least 4 members (excludes halogenated alkanes) is 1. The molecule has 1 aromatic heterocycles. The molecule has 1 unspecified atom stereocenters. The first-order chi connectivity index (χ1) is 12.7. The minimum Gasteiger partial charge on any atom is -0.434 e. The maximum Gasteiger partial charge on any atom is 0.513 e. The minimum absolute atomic E-state index is 0.291. The van der Waals surface area contributed by atoms with E-state index < -0.39 is 6.16 Å². The lowest BCUT2D eigenvalue weighted by Crippen LogP contribution is -2.16. The molecule has 5 nitrogen and oxygen atoms in total.